The van der Waals surface area contributed by atoms with Gasteiger partial charge in [0.05, 0.1) is 17.0 Å². The van der Waals surface area contributed by atoms with Crippen molar-refractivity contribution in [2.75, 3.05) is 45.7 Å². The second-order valence-corrected chi connectivity index (χ2v) is 7.73. The number of benzene rings is 2. The Morgan fingerprint density at radius 2 is 1.94 bits per heavy atom. The largest absolute Gasteiger partial charge is 0.342 e. The van der Waals surface area contributed by atoms with Gasteiger partial charge in [-0.1, -0.05) is 12.1 Å². The molecule has 3 rings (SSSR count). The van der Waals surface area contributed by atoms with E-state index in [0.717, 1.165) is 9.96 Å². The zero-order valence-electron chi connectivity index (χ0n) is 17.8. The van der Waals surface area contributed by atoms with E-state index in [2.05, 4.69) is 10.3 Å². The van der Waals surface area contributed by atoms with E-state index in [1.807, 2.05) is 4.90 Å². The summed E-state index contributed by atoms with van der Waals surface area (Å²) >= 11 is 5.56. The number of hydrogen-bond donors (Lipinski definition) is 2. The molecule has 0 bridgehead atoms. The fourth-order valence-electron chi connectivity index (χ4n) is 3.55. The topological polar surface area (TPSA) is 151 Å². The molecule has 0 spiro atoms. The van der Waals surface area contributed by atoms with Crippen molar-refractivity contribution in [1.82, 2.24) is 20.2 Å². The van der Waals surface area contributed by atoms with Gasteiger partial charge in [0, 0.05) is 55.1 Å². The van der Waals surface area contributed by atoms with E-state index >= 15 is 0 Å². The molecule has 2 aromatic rings. The number of hydrogen-bond acceptors (Lipinski definition) is 8. The van der Waals surface area contributed by atoms with Gasteiger partial charge in [-0.25, -0.2) is 4.79 Å². The summed E-state index contributed by atoms with van der Waals surface area (Å²) in [6.07, 6.45) is 0. The van der Waals surface area contributed by atoms with Crippen LogP contribution in [0.1, 0.15) is 20.7 Å². The zero-order valence-corrected chi connectivity index (χ0v) is 18.6. The van der Waals surface area contributed by atoms with Crippen LogP contribution in [0.2, 0.25) is 0 Å². The van der Waals surface area contributed by atoms with Crippen LogP contribution >= 0.6 is 11.6 Å². The van der Waals surface area contributed by atoms with Crippen LogP contribution in [0.15, 0.2) is 30.3 Å². The summed E-state index contributed by atoms with van der Waals surface area (Å²) in [6.45, 7) is 1.19. The third kappa shape index (κ3) is 5.20. The number of carbonyl (C=O) groups excluding carboxylic acids is 3. The predicted molar refractivity (Wildman–Crippen MR) is 120 cm³/mol. The summed E-state index contributed by atoms with van der Waals surface area (Å²) in [5, 5.41) is 15.7. The van der Waals surface area contributed by atoms with Gasteiger partial charge >= 0.3 is 6.03 Å². The fraction of sp³-hybridized carbons (Fsp3) is 0.350. The minimum absolute atomic E-state index is 0.0743. The van der Waals surface area contributed by atoms with E-state index < -0.39 is 22.8 Å². The molecule has 33 heavy (non-hydrogen) atoms. The van der Waals surface area contributed by atoms with Crippen molar-refractivity contribution in [2.24, 2.45) is 5.90 Å². The monoisotopic (exact) mass is 478 g/mol. The third-order valence-electron chi connectivity index (χ3n) is 5.24. The molecule has 176 valence electrons. The Kier molecular flexibility index (Phi) is 7.76. The number of nitro benzene ring substituents is 1. The number of hydroxylamine groups is 2. The average Bonchev–Trinajstić information content (AvgIpc) is 2.80. The maximum absolute atomic E-state index is 13.0. The molecule has 0 atom stereocenters. The van der Waals surface area contributed by atoms with Crippen molar-refractivity contribution >= 4 is 45.9 Å². The molecule has 0 saturated carbocycles. The number of carbonyl (C=O) groups is 3. The van der Waals surface area contributed by atoms with Crippen molar-refractivity contribution < 1.29 is 24.2 Å². The lowest BCUT2D eigenvalue weighted by Gasteiger charge is -2.29. The highest BCUT2D eigenvalue weighted by atomic mass is 35.5. The number of likely N-dealkylation sites (N-methyl/N-ethyl adjacent to an activating group) is 1. The van der Waals surface area contributed by atoms with Crippen molar-refractivity contribution in [3.05, 3.63) is 51.6 Å². The van der Waals surface area contributed by atoms with Gasteiger partial charge in [-0.3, -0.25) is 24.6 Å². The Bertz CT molecular complexity index is 1100. The summed E-state index contributed by atoms with van der Waals surface area (Å²) in [7, 11) is 1.76. The molecule has 4 amide bonds. The van der Waals surface area contributed by atoms with Gasteiger partial charge in [0.1, 0.15) is 0 Å². The molecule has 1 heterocycles. The molecule has 2 aromatic carbocycles. The third-order valence-corrected chi connectivity index (χ3v) is 5.41. The highest BCUT2D eigenvalue weighted by molar-refractivity contribution is 6.25. The first-order valence-corrected chi connectivity index (χ1v) is 10.6. The lowest BCUT2D eigenvalue weighted by atomic mass is 9.93. The van der Waals surface area contributed by atoms with Crippen LogP contribution in [-0.2, 0) is 4.94 Å². The number of rotatable bonds is 10. The van der Waals surface area contributed by atoms with Gasteiger partial charge in [-0.05, 0) is 18.5 Å². The number of urea groups is 1. The molecule has 0 radical (unpaired) electrons. The van der Waals surface area contributed by atoms with Crippen molar-refractivity contribution in [3.8, 4) is 0 Å². The van der Waals surface area contributed by atoms with Gasteiger partial charge in [-0.2, -0.15) is 15.9 Å². The van der Waals surface area contributed by atoms with Gasteiger partial charge in [0.25, 0.3) is 17.5 Å². The number of alkyl halides is 1. The van der Waals surface area contributed by atoms with E-state index in [4.69, 9.17) is 17.5 Å². The first-order chi connectivity index (χ1) is 15.8. The molecule has 1 aliphatic heterocycles. The molecule has 1 aliphatic rings. The molecule has 0 unspecified atom stereocenters. The number of nitrogens with two attached hydrogens (primary N) is 1. The number of nitro groups is 1. The van der Waals surface area contributed by atoms with Gasteiger partial charge in [0.2, 0.25) is 0 Å². The van der Waals surface area contributed by atoms with Gasteiger partial charge in [0.15, 0.2) is 0 Å². The van der Waals surface area contributed by atoms with Crippen LogP contribution in [0.25, 0.3) is 10.8 Å². The Morgan fingerprint density at radius 1 is 1.21 bits per heavy atom. The normalized spacial score (nSPS) is 13.0. The maximum Gasteiger partial charge on any atom is 0.342 e. The fourth-order valence-corrected chi connectivity index (χ4v) is 3.71. The minimum Gasteiger partial charge on any atom is -0.335 e. The Hall–Kier alpha value is -3.32. The lowest BCUT2D eigenvalue weighted by Crippen LogP contribution is -2.46. The molecule has 13 heteroatoms. The molecule has 0 fully saturated rings. The Morgan fingerprint density at radius 3 is 2.61 bits per heavy atom. The van der Waals surface area contributed by atoms with Crippen LogP contribution in [0, 0.1) is 10.1 Å². The molecular formula is C20H23ClN6O6. The van der Waals surface area contributed by atoms with Crippen LogP contribution < -0.4 is 11.2 Å². The molecule has 0 aromatic heterocycles. The summed E-state index contributed by atoms with van der Waals surface area (Å²) in [6, 6.07) is 6.88. The molecule has 12 nitrogen and oxygen atoms in total. The van der Waals surface area contributed by atoms with Crippen LogP contribution in [-0.4, -0.2) is 83.3 Å². The van der Waals surface area contributed by atoms with Gasteiger partial charge < -0.3 is 10.2 Å². The van der Waals surface area contributed by atoms with E-state index in [-0.39, 0.29) is 36.8 Å². The smallest absolute Gasteiger partial charge is 0.335 e. The maximum atomic E-state index is 13.0. The van der Waals surface area contributed by atoms with Gasteiger partial charge in [-0.15, -0.1) is 11.6 Å². The predicted octanol–water partition coefficient (Wildman–Crippen LogP) is 1.33. The lowest BCUT2D eigenvalue weighted by molar-refractivity contribution is -0.384. The number of nitrogens with one attached hydrogen (secondary N) is 1. The van der Waals surface area contributed by atoms with Crippen molar-refractivity contribution in [3.63, 3.8) is 0 Å². The molecule has 0 saturated heterocycles. The molecular weight excluding hydrogens is 456 g/mol. The van der Waals surface area contributed by atoms with Crippen molar-refractivity contribution in [2.45, 2.75) is 0 Å². The van der Waals surface area contributed by atoms with E-state index in [1.54, 1.807) is 25.2 Å². The Labute approximate surface area is 193 Å². The average molecular weight is 479 g/mol. The zero-order chi connectivity index (χ0) is 24.1. The van der Waals surface area contributed by atoms with Crippen LogP contribution in [0.5, 0.6) is 0 Å². The SMILES string of the molecule is CN(CCNC(=O)N(CCCl)ON)CCN1C(=O)c2cccc3cc([N+](=O)[O-])cc(c23)C1=O. The number of halogens is 1. The van der Waals surface area contributed by atoms with Crippen LogP contribution in [0.3, 0.4) is 0 Å². The molecule has 0 aliphatic carbocycles. The quantitative estimate of drug-likeness (QED) is 0.224. The summed E-state index contributed by atoms with van der Waals surface area (Å²) < 4.78 is 0. The minimum atomic E-state index is -0.578. The number of imide groups is 1. The van der Waals surface area contributed by atoms with Crippen molar-refractivity contribution in [1.29, 1.82) is 0 Å². The van der Waals surface area contributed by atoms with E-state index in [0.29, 0.717) is 29.4 Å². The first kappa shape index (κ1) is 24.3. The number of non-ortho nitro benzene ring substituents is 1. The summed E-state index contributed by atoms with van der Waals surface area (Å²) in [5.74, 6) is 4.15. The summed E-state index contributed by atoms with van der Waals surface area (Å²) in [5.41, 5.74) is 0.244. The van der Waals surface area contributed by atoms with E-state index in [1.165, 1.54) is 12.1 Å². The highest BCUT2D eigenvalue weighted by Gasteiger charge is 2.34. The van der Waals surface area contributed by atoms with Crippen LogP contribution in [0.4, 0.5) is 10.5 Å². The second-order valence-electron chi connectivity index (χ2n) is 7.35. The second kappa shape index (κ2) is 10.5. The standard InChI is InChI=1S/C20H23ClN6O6/c1-24(8-6-23-20(30)26(33-22)7-5-21)9-10-25-18(28)15-4-2-3-13-11-14(27(31)32)12-16(17(13)15)19(25)29/h2-4,11-12H,5-10,22H2,1H3,(H,23,30). The van der Waals surface area contributed by atoms with E-state index in [9.17, 15) is 24.5 Å². The number of nitrogens with zero attached hydrogens (tertiary/aromatic N) is 4. The first-order valence-electron chi connectivity index (χ1n) is 10.0. The summed E-state index contributed by atoms with van der Waals surface area (Å²) in [4.78, 5) is 56.0. The number of amides is 4. The Balaban J connectivity index is 1.65. The molecule has 3 N–H and O–H groups in total. The highest BCUT2D eigenvalue weighted by Crippen LogP contribution is 2.33.